The van der Waals surface area contributed by atoms with Crippen LogP contribution in [0.2, 0.25) is 5.02 Å². The summed E-state index contributed by atoms with van der Waals surface area (Å²) >= 11 is 5.94. The Bertz CT molecular complexity index is 890. The lowest BCUT2D eigenvalue weighted by molar-refractivity contribution is 0.0952. The third-order valence-corrected chi connectivity index (χ3v) is 4.26. The largest absolute Gasteiger partial charge is 0.489 e. The topological polar surface area (TPSA) is 56.2 Å². The maximum absolute atomic E-state index is 12.2. The van der Waals surface area contributed by atoms with E-state index in [2.05, 4.69) is 10.4 Å². The Morgan fingerprint density at radius 3 is 2.74 bits per heavy atom. The predicted molar refractivity (Wildman–Crippen MR) is 106 cm³/mol. The Morgan fingerprint density at radius 2 is 2.04 bits per heavy atom. The number of nitrogens with one attached hydrogen (secondary N) is 1. The van der Waals surface area contributed by atoms with Crippen molar-refractivity contribution in [2.75, 3.05) is 6.54 Å². The number of carbonyl (C=O) groups is 1. The van der Waals surface area contributed by atoms with Gasteiger partial charge < -0.3 is 10.1 Å². The minimum Gasteiger partial charge on any atom is -0.489 e. The number of hydrogen-bond donors (Lipinski definition) is 1. The Hall–Kier alpha value is -2.79. The molecule has 0 aliphatic heterocycles. The standard InChI is InChI=1S/C21H22ClN3O2/c1-16-13-24-25(14-16)11-3-10-23-21(26)18-8-6-17(7-9-18)15-27-20-5-2-4-19(22)12-20/h2,4-9,12-14H,3,10-11,15H2,1H3,(H,23,26). The number of carbonyl (C=O) groups excluding carboxylic acids is 1. The smallest absolute Gasteiger partial charge is 0.251 e. The quantitative estimate of drug-likeness (QED) is 0.592. The van der Waals surface area contributed by atoms with Crippen LogP contribution in [0.25, 0.3) is 0 Å². The second-order valence-corrected chi connectivity index (χ2v) is 6.77. The Morgan fingerprint density at radius 1 is 1.22 bits per heavy atom. The number of halogens is 1. The van der Waals surface area contributed by atoms with Gasteiger partial charge in [0.1, 0.15) is 12.4 Å². The van der Waals surface area contributed by atoms with Gasteiger partial charge in [-0.1, -0.05) is 29.8 Å². The van der Waals surface area contributed by atoms with E-state index in [1.807, 2.05) is 60.4 Å². The van der Waals surface area contributed by atoms with E-state index in [1.54, 1.807) is 12.1 Å². The Labute approximate surface area is 163 Å². The number of ether oxygens (including phenoxy) is 1. The first-order valence-corrected chi connectivity index (χ1v) is 9.22. The van der Waals surface area contributed by atoms with Gasteiger partial charge in [-0.2, -0.15) is 5.10 Å². The van der Waals surface area contributed by atoms with E-state index in [9.17, 15) is 4.79 Å². The zero-order valence-corrected chi connectivity index (χ0v) is 15.9. The van der Waals surface area contributed by atoms with Gasteiger partial charge in [0, 0.05) is 29.9 Å². The lowest BCUT2D eigenvalue weighted by Gasteiger charge is -2.08. The molecule has 0 aliphatic rings. The van der Waals surface area contributed by atoms with Crippen molar-refractivity contribution >= 4 is 17.5 Å². The molecule has 0 saturated carbocycles. The first kappa shape index (κ1) is 19.0. The number of rotatable bonds is 8. The molecule has 1 heterocycles. The molecule has 2 aromatic carbocycles. The number of amides is 1. The molecule has 0 atom stereocenters. The van der Waals surface area contributed by atoms with Crippen LogP contribution in [0.5, 0.6) is 5.75 Å². The third-order valence-electron chi connectivity index (χ3n) is 4.03. The predicted octanol–water partition coefficient (Wildman–Crippen LogP) is 4.24. The van der Waals surface area contributed by atoms with Crippen molar-refractivity contribution in [1.29, 1.82) is 0 Å². The SMILES string of the molecule is Cc1cnn(CCCNC(=O)c2ccc(COc3cccc(Cl)c3)cc2)c1. The van der Waals surface area contributed by atoms with Crippen molar-refractivity contribution in [3.8, 4) is 5.75 Å². The molecule has 1 aromatic heterocycles. The number of aromatic nitrogens is 2. The van der Waals surface area contributed by atoms with Gasteiger partial charge in [-0.15, -0.1) is 0 Å². The molecule has 140 valence electrons. The van der Waals surface area contributed by atoms with E-state index in [4.69, 9.17) is 16.3 Å². The summed E-state index contributed by atoms with van der Waals surface area (Å²) in [7, 11) is 0. The fraction of sp³-hybridized carbons (Fsp3) is 0.238. The van der Waals surface area contributed by atoms with Gasteiger partial charge in [-0.25, -0.2) is 0 Å². The highest BCUT2D eigenvalue weighted by Gasteiger charge is 2.05. The molecule has 3 aromatic rings. The molecule has 5 nitrogen and oxygen atoms in total. The monoisotopic (exact) mass is 383 g/mol. The van der Waals surface area contributed by atoms with Crippen LogP contribution in [0.3, 0.4) is 0 Å². The van der Waals surface area contributed by atoms with Crippen molar-refractivity contribution < 1.29 is 9.53 Å². The van der Waals surface area contributed by atoms with E-state index in [0.717, 1.165) is 29.8 Å². The third kappa shape index (κ3) is 5.86. The Balaban J connectivity index is 1.42. The molecule has 27 heavy (non-hydrogen) atoms. The number of benzene rings is 2. The number of nitrogens with zero attached hydrogens (tertiary/aromatic N) is 2. The lowest BCUT2D eigenvalue weighted by Crippen LogP contribution is -2.25. The van der Waals surface area contributed by atoms with Crippen LogP contribution in [0, 0.1) is 6.92 Å². The minimum atomic E-state index is -0.0750. The maximum Gasteiger partial charge on any atom is 0.251 e. The van der Waals surface area contributed by atoms with E-state index >= 15 is 0 Å². The van der Waals surface area contributed by atoms with Crippen LogP contribution in [0.1, 0.15) is 27.9 Å². The number of aryl methyl sites for hydroxylation is 2. The maximum atomic E-state index is 12.2. The summed E-state index contributed by atoms with van der Waals surface area (Å²) < 4.78 is 7.59. The molecular weight excluding hydrogens is 362 g/mol. The second-order valence-electron chi connectivity index (χ2n) is 6.33. The molecule has 0 unspecified atom stereocenters. The average molecular weight is 384 g/mol. The van der Waals surface area contributed by atoms with Gasteiger partial charge in [0.25, 0.3) is 5.91 Å². The highest BCUT2D eigenvalue weighted by Crippen LogP contribution is 2.18. The summed E-state index contributed by atoms with van der Waals surface area (Å²) in [6.45, 7) is 3.83. The van der Waals surface area contributed by atoms with E-state index < -0.39 is 0 Å². The first-order chi connectivity index (χ1) is 13.1. The van der Waals surface area contributed by atoms with E-state index in [-0.39, 0.29) is 5.91 Å². The van der Waals surface area contributed by atoms with Gasteiger partial charge in [0.2, 0.25) is 0 Å². The fourth-order valence-corrected chi connectivity index (χ4v) is 2.79. The minimum absolute atomic E-state index is 0.0750. The summed E-state index contributed by atoms with van der Waals surface area (Å²) in [6.07, 6.45) is 4.65. The van der Waals surface area contributed by atoms with Crippen molar-refractivity contribution in [2.45, 2.75) is 26.5 Å². The molecule has 0 radical (unpaired) electrons. The number of hydrogen-bond acceptors (Lipinski definition) is 3. The lowest BCUT2D eigenvalue weighted by atomic mass is 10.1. The van der Waals surface area contributed by atoms with Gasteiger partial charge in [0.15, 0.2) is 0 Å². The second kappa shape index (κ2) is 9.24. The van der Waals surface area contributed by atoms with Crippen molar-refractivity contribution in [3.05, 3.63) is 82.6 Å². The average Bonchev–Trinajstić information content (AvgIpc) is 3.09. The summed E-state index contributed by atoms with van der Waals surface area (Å²) in [5.74, 6) is 0.644. The highest BCUT2D eigenvalue weighted by molar-refractivity contribution is 6.30. The summed E-state index contributed by atoms with van der Waals surface area (Å²) in [4.78, 5) is 12.2. The van der Waals surface area contributed by atoms with Gasteiger partial charge in [0.05, 0.1) is 6.20 Å². The highest BCUT2D eigenvalue weighted by atomic mass is 35.5. The van der Waals surface area contributed by atoms with Crippen LogP contribution in [-0.4, -0.2) is 22.2 Å². The summed E-state index contributed by atoms with van der Waals surface area (Å²) in [5.41, 5.74) is 2.76. The molecule has 6 heteroatoms. The molecule has 0 spiro atoms. The molecule has 3 rings (SSSR count). The molecule has 1 amide bonds. The van der Waals surface area contributed by atoms with E-state index in [1.165, 1.54) is 0 Å². The van der Waals surface area contributed by atoms with Crippen LogP contribution in [0.15, 0.2) is 60.9 Å². The summed E-state index contributed by atoms with van der Waals surface area (Å²) in [5, 5.41) is 7.80. The van der Waals surface area contributed by atoms with Gasteiger partial charge in [-0.05, 0) is 54.8 Å². The van der Waals surface area contributed by atoms with Crippen LogP contribution >= 0.6 is 11.6 Å². The Kier molecular flexibility index (Phi) is 6.49. The molecule has 0 fully saturated rings. The van der Waals surface area contributed by atoms with Crippen LogP contribution in [-0.2, 0) is 13.2 Å². The molecule has 0 aliphatic carbocycles. The van der Waals surface area contributed by atoms with Crippen molar-refractivity contribution in [1.82, 2.24) is 15.1 Å². The molecule has 0 saturated heterocycles. The van der Waals surface area contributed by atoms with Crippen LogP contribution in [0.4, 0.5) is 0 Å². The zero-order chi connectivity index (χ0) is 19.1. The molecule has 0 bridgehead atoms. The molecule has 1 N–H and O–H groups in total. The van der Waals surface area contributed by atoms with Crippen molar-refractivity contribution in [3.63, 3.8) is 0 Å². The van der Waals surface area contributed by atoms with Crippen molar-refractivity contribution in [2.24, 2.45) is 0 Å². The van der Waals surface area contributed by atoms with Crippen LogP contribution < -0.4 is 10.1 Å². The first-order valence-electron chi connectivity index (χ1n) is 8.85. The van der Waals surface area contributed by atoms with Gasteiger partial charge >= 0.3 is 0 Å². The zero-order valence-electron chi connectivity index (χ0n) is 15.2. The fourth-order valence-electron chi connectivity index (χ4n) is 2.61. The van der Waals surface area contributed by atoms with E-state index in [0.29, 0.717) is 23.7 Å². The normalized spacial score (nSPS) is 10.6. The molecular formula is C21H22ClN3O2. The van der Waals surface area contributed by atoms with Gasteiger partial charge in [-0.3, -0.25) is 9.48 Å². The summed E-state index contributed by atoms with van der Waals surface area (Å²) in [6, 6.07) is 14.7.